The highest BCUT2D eigenvalue weighted by Crippen LogP contribution is 2.23. The highest BCUT2D eigenvalue weighted by atomic mass is 35.5. The highest BCUT2D eigenvalue weighted by molar-refractivity contribution is 6.33. The van der Waals surface area contributed by atoms with Crippen LogP contribution in [0.2, 0.25) is 5.02 Å². The molecule has 0 aliphatic carbocycles. The molecular weight excluding hydrogens is 264 g/mol. The van der Waals surface area contributed by atoms with Gasteiger partial charge in [0.15, 0.2) is 0 Å². The molecule has 1 saturated heterocycles. The Morgan fingerprint density at radius 2 is 2.11 bits per heavy atom. The largest absolute Gasteiger partial charge is 0.342 e. The molecule has 0 radical (unpaired) electrons. The Bertz CT molecular complexity index is 490. The van der Waals surface area contributed by atoms with Gasteiger partial charge in [0.25, 0.3) is 0 Å². The first-order valence-corrected chi connectivity index (χ1v) is 6.76. The molecule has 0 aromatic heterocycles. The molecule has 0 spiro atoms. The summed E-state index contributed by atoms with van der Waals surface area (Å²) >= 11 is 6.01. The first kappa shape index (κ1) is 13.9. The molecule has 5 heteroatoms. The summed E-state index contributed by atoms with van der Waals surface area (Å²) in [6.45, 7) is 2.77. The molecule has 4 nitrogen and oxygen atoms in total. The van der Waals surface area contributed by atoms with Gasteiger partial charge in [-0.25, -0.2) is 0 Å². The molecule has 2 rings (SSSR count). The topological polar surface area (TPSA) is 49.4 Å². The maximum absolute atomic E-state index is 12.2. The summed E-state index contributed by atoms with van der Waals surface area (Å²) in [5.74, 6) is -0.205. The van der Waals surface area contributed by atoms with Gasteiger partial charge in [-0.1, -0.05) is 23.7 Å². The van der Waals surface area contributed by atoms with Crippen LogP contribution >= 0.6 is 11.6 Å². The number of nitrogens with one attached hydrogen (secondary N) is 1. The molecule has 1 fully saturated rings. The van der Waals surface area contributed by atoms with Crippen molar-refractivity contribution in [2.45, 2.75) is 19.8 Å². The summed E-state index contributed by atoms with van der Waals surface area (Å²) in [5, 5.41) is 3.35. The van der Waals surface area contributed by atoms with Gasteiger partial charge >= 0.3 is 0 Å². The molecule has 1 aliphatic heterocycles. The number of carbonyl (C=O) groups excluding carboxylic acids is 2. The van der Waals surface area contributed by atoms with E-state index in [2.05, 4.69) is 5.32 Å². The lowest BCUT2D eigenvalue weighted by atomic mass is 9.97. The van der Waals surface area contributed by atoms with Gasteiger partial charge in [-0.15, -0.1) is 0 Å². The van der Waals surface area contributed by atoms with Crippen molar-refractivity contribution in [3.63, 3.8) is 0 Å². The zero-order valence-corrected chi connectivity index (χ0v) is 11.6. The van der Waals surface area contributed by atoms with Gasteiger partial charge in [-0.3, -0.25) is 9.59 Å². The average Bonchev–Trinajstić information content (AvgIpc) is 2.41. The van der Waals surface area contributed by atoms with E-state index in [0.29, 0.717) is 17.3 Å². The lowest BCUT2D eigenvalue weighted by Crippen LogP contribution is -2.42. The van der Waals surface area contributed by atoms with Gasteiger partial charge in [0.2, 0.25) is 11.8 Å². The number of rotatable bonds is 2. The van der Waals surface area contributed by atoms with Crippen LogP contribution in [0.4, 0.5) is 5.69 Å². The van der Waals surface area contributed by atoms with Crippen molar-refractivity contribution in [1.29, 1.82) is 0 Å². The molecule has 1 aliphatic rings. The molecule has 1 aromatic carbocycles. The van der Waals surface area contributed by atoms with E-state index in [1.54, 1.807) is 17.0 Å². The van der Waals surface area contributed by atoms with Crippen molar-refractivity contribution in [2.24, 2.45) is 5.92 Å². The first-order chi connectivity index (χ1) is 9.08. The minimum absolute atomic E-state index is 0.0234. The van der Waals surface area contributed by atoms with Crippen LogP contribution in [0, 0.1) is 5.92 Å². The maximum Gasteiger partial charge on any atom is 0.229 e. The Morgan fingerprint density at radius 3 is 2.79 bits per heavy atom. The zero-order chi connectivity index (χ0) is 13.8. The van der Waals surface area contributed by atoms with Gasteiger partial charge in [-0.2, -0.15) is 0 Å². The summed E-state index contributed by atoms with van der Waals surface area (Å²) in [6.07, 6.45) is 1.67. The number of anilines is 1. The van der Waals surface area contributed by atoms with Crippen LogP contribution in [0.25, 0.3) is 0 Å². The van der Waals surface area contributed by atoms with Crippen molar-refractivity contribution in [3.05, 3.63) is 29.3 Å². The normalized spacial score (nSPS) is 19.1. The fraction of sp³-hybridized carbons (Fsp3) is 0.429. The third-order valence-electron chi connectivity index (χ3n) is 3.37. The van der Waals surface area contributed by atoms with Gasteiger partial charge in [0.05, 0.1) is 16.6 Å². The van der Waals surface area contributed by atoms with E-state index in [-0.39, 0.29) is 17.7 Å². The SMILES string of the molecule is CC(=O)N1CCCC(C(=O)Nc2ccccc2Cl)C1. The Balaban J connectivity index is 2.00. The predicted octanol–water partition coefficient (Wildman–Crippen LogP) is 2.54. The molecular formula is C14H17ClN2O2. The Morgan fingerprint density at radius 1 is 1.37 bits per heavy atom. The molecule has 19 heavy (non-hydrogen) atoms. The second-order valence-corrected chi connectivity index (χ2v) is 5.18. The molecule has 102 valence electrons. The second kappa shape index (κ2) is 6.06. The number of likely N-dealkylation sites (tertiary alicyclic amines) is 1. The zero-order valence-electron chi connectivity index (χ0n) is 10.9. The van der Waals surface area contributed by atoms with Gasteiger partial charge < -0.3 is 10.2 Å². The fourth-order valence-electron chi connectivity index (χ4n) is 2.27. The van der Waals surface area contributed by atoms with E-state index < -0.39 is 0 Å². The highest BCUT2D eigenvalue weighted by Gasteiger charge is 2.27. The average molecular weight is 281 g/mol. The van der Waals surface area contributed by atoms with Crippen molar-refractivity contribution in [1.82, 2.24) is 4.90 Å². The van der Waals surface area contributed by atoms with Crippen LogP contribution in [0.5, 0.6) is 0 Å². The molecule has 1 N–H and O–H groups in total. The number of piperidine rings is 1. The lowest BCUT2D eigenvalue weighted by Gasteiger charge is -2.31. The summed E-state index contributed by atoms with van der Waals surface area (Å²) in [6, 6.07) is 7.14. The van der Waals surface area contributed by atoms with E-state index in [1.165, 1.54) is 6.92 Å². The van der Waals surface area contributed by atoms with Crippen LogP contribution in [-0.2, 0) is 9.59 Å². The van der Waals surface area contributed by atoms with Crippen molar-refractivity contribution < 1.29 is 9.59 Å². The van der Waals surface area contributed by atoms with Crippen molar-refractivity contribution in [3.8, 4) is 0 Å². The van der Waals surface area contributed by atoms with Crippen molar-refractivity contribution in [2.75, 3.05) is 18.4 Å². The van der Waals surface area contributed by atoms with Crippen molar-refractivity contribution >= 4 is 29.1 Å². The standard InChI is InChI=1S/C14H17ClN2O2/c1-10(18)17-8-4-5-11(9-17)14(19)16-13-7-3-2-6-12(13)15/h2-3,6-7,11H,4-5,8-9H2,1H3,(H,16,19). The predicted molar refractivity (Wildman–Crippen MR) is 75.1 cm³/mol. The number of nitrogens with zero attached hydrogens (tertiary/aromatic N) is 1. The third-order valence-corrected chi connectivity index (χ3v) is 3.70. The first-order valence-electron chi connectivity index (χ1n) is 6.39. The minimum atomic E-state index is -0.158. The number of benzene rings is 1. The van der Waals surface area contributed by atoms with Gasteiger partial charge in [0.1, 0.15) is 0 Å². The van der Waals surface area contributed by atoms with Crippen LogP contribution in [0.3, 0.4) is 0 Å². The smallest absolute Gasteiger partial charge is 0.229 e. The Hall–Kier alpha value is -1.55. The quantitative estimate of drug-likeness (QED) is 0.905. The number of para-hydroxylation sites is 1. The number of hydrogen-bond donors (Lipinski definition) is 1. The molecule has 1 unspecified atom stereocenters. The van der Waals surface area contributed by atoms with Gasteiger partial charge in [0, 0.05) is 20.0 Å². The van der Waals surface area contributed by atoms with E-state index in [4.69, 9.17) is 11.6 Å². The van der Waals surface area contributed by atoms with Crippen LogP contribution in [0.1, 0.15) is 19.8 Å². The number of carbonyl (C=O) groups is 2. The molecule has 1 heterocycles. The van der Waals surface area contributed by atoms with Gasteiger partial charge in [-0.05, 0) is 25.0 Å². The lowest BCUT2D eigenvalue weighted by molar-refractivity contribution is -0.132. The van der Waals surface area contributed by atoms with E-state index >= 15 is 0 Å². The van der Waals surface area contributed by atoms with E-state index in [0.717, 1.165) is 19.4 Å². The number of halogens is 1. The number of hydrogen-bond acceptors (Lipinski definition) is 2. The summed E-state index contributed by atoms with van der Waals surface area (Å²) in [4.78, 5) is 25.3. The Kier molecular flexibility index (Phi) is 4.43. The summed E-state index contributed by atoms with van der Waals surface area (Å²) < 4.78 is 0. The third kappa shape index (κ3) is 3.47. The summed E-state index contributed by atoms with van der Waals surface area (Å²) in [7, 11) is 0. The molecule has 0 saturated carbocycles. The minimum Gasteiger partial charge on any atom is -0.342 e. The van der Waals surface area contributed by atoms with Crippen LogP contribution in [0.15, 0.2) is 24.3 Å². The summed E-state index contributed by atoms with van der Waals surface area (Å²) in [5.41, 5.74) is 0.620. The Labute approximate surface area is 117 Å². The second-order valence-electron chi connectivity index (χ2n) is 4.77. The maximum atomic E-state index is 12.2. The van der Waals surface area contributed by atoms with E-state index in [1.807, 2.05) is 12.1 Å². The number of amides is 2. The molecule has 1 aromatic rings. The van der Waals surface area contributed by atoms with E-state index in [9.17, 15) is 9.59 Å². The molecule has 2 amide bonds. The van der Waals surface area contributed by atoms with Crippen LogP contribution < -0.4 is 5.32 Å². The molecule has 1 atom stereocenters. The monoisotopic (exact) mass is 280 g/mol. The van der Waals surface area contributed by atoms with Crippen LogP contribution in [-0.4, -0.2) is 29.8 Å². The fourth-order valence-corrected chi connectivity index (χ4v) is 2.46. The molecule has 0 bridgehead atoms.